The maximum absolute atomic E-state index is 11.6. The number of hydrogen-bond donors (Lipinski definition) is 0. The highest BCUT2D eigenvalue weighted by atomic mass is 19.2. The molecule has 56 valence electrons. The third-order valence-electron chi connectivity index (χ3n) is 1.24. The van der Waals surface area contributed by atoms with Crippen molar-refractivity contribution < 1.29 is 4.48 Å². The van der Waals surface area contributed by atoms with Gasteiger partial charge in [0, 0.05) is 13.1 Å². The summed E-state index contributed by atoms with van der Waals surface area (Å²) in [6, 6.07) is 1.65. The van der Waals surface area contributed by atoms with Crippen molar-refractivity contribution in [1.82, 2.24) is 4.90 Å². The molecule has 0 aromatic heterocycles. The molecule has 0 atom stereocenters. The maximum atomic E-state index is 11.6. The van der Waals surface area contributed by atoms with Gasteiger partial charge in [-0.05, 0) is 13.8 Å². The van der Waals surface area contributed by atoms with Gasteiger partial charge in [-0.2, -0.15) is 5.26 Å². The van der Waals surface area contributed by atoms with Gasteiger partial charge in [-0.1, -0.05) is 9.70 Å². The van der Waals surface area contributed by atoms with E-state index < -0.39 is 0 Å². The molecule has 0 bridgehead atoms. The summed E-state index contributed by atoms with van der Waals surface area (Å²) in [6.45, 7) is 4.89. The van der Waals surface area contributed by atoms with Gasteiger partial charge in [0.15, 0.2) is 0 Å². The van der Waals surface area contributed by atoms with Crippen molar-refractivity contribution in [1.29, 1.82) is 5.26 Å². The van der Waals surface area contributed by atoms with Crippen LogP contribution in [0, 0.1) is 11.3 Å². The molecule has 0 saturated heterocycles. The summed E-state index contributed by atoms with van der Waals surface area (Å²) in [4.78, 5) is 1.54. The van der Waals surface area contributed by atoms with E-state index in [2.05, 4.69) is 5.21 Å². The summed E-state index contributed by atoms with van der Waals surface area (Å²) in [7, 11) is 0. The van der Waals surface area contributed by atoms with Crippen LogP contribution in [0.1, 0.15) is 13.8 Å². The SMILES string of the molecule is CCN(CC)/C(C#N)=N\F. The van der Waals surface area contributed by atoms with E-state index in [0.29, 0.717) is 13.1 Å². The lowest BCUT2D eigenvalue weighted by atomic mass is 10.5. The second kappa shape index (κ2) is 4.74. The molecule has 0 aromatic carbocycles. The highest BCUT2D eigenvalue weighted by molar-refractivity contribution is 5.95. The summed E-state index contributed by atoms with van der Waals surface area (Å²) >= 11 is 0. The Morgan fingerprint density at radius 3 is 2.20 bits per heavy atom. The van der Waals surface area contributed by atoms with Gasteiger partial charge in [0.25, 0.3) is 0 Å². The van der Waals surface area contributed by atoms with Crippen LogP contribution in [0.5, 0.6) is 0 Å². The van der Waals surface area contributed by atoms with Crippen molar-refractivity contribution in [2.45, 2.75) is 13.8 Å². The summed E-state index contributed by atoms with van der Waals surface area (Å²) in [5, 5.41) is 10.6. The number of halogens is 1. The van der Waals surface area contributed by atoms with Crippen molar-refractivity contribution >= 4 is 5.84 Å². The molecular weight excluding hydrogens is 133 g/mol. The first kappa shape index (κ1) is 8.89. The Kier molecular flexibility index (Phi) is 4.21. The normalized spacial score (nSPS) is 10.8. The van der Waals surface area contributed by atoms with Gasteiger partial charge in [0.2, 0.25) is 5.84 Å². The van der Waals surface area contributed by atoms with E-state index in [1.54, 1.807) is 11.0 Å². The van der Waals surface area contributed by atoms with Gasteiger partial charge in [0.05, 0.1) is 0 Å². The van der Waals surface area contributed by atoms with E-state index in [-0.39, 0.29) is 5.84 Å². The molecule has 4 heteroatoms. The number of hydrogen-bond acceptors (Lipinski definition) is 2. The van der Waals surface area contributed by atoms with Crippen molar-refractivity contribution in [3.63, 3.8) is 0 Å². The van der Waals surface area contributed by atoms with Crippen LogP contribution in [0.25, 0.3) is 0 Å². The van der Waals surface area contributed by atoms with E-state index in [1.165, 1.54) is 0 Å². The van der Waals surface area contributed by atoms with E-state index in [4.69, 9.17) is 5.26 Å². The van der Waals surface area contributed by atoms with Crippen molar-refractivity contribution in [3.8, 4) is 6.07 Å². The molecule has 0 unspecified atom stereocenters. The second-order valence-electron chi connectivity index (χ2n) is 1.69. The maximum Gasteiger partial charge on any atom is 0.240 e. The zero-order chi connectivity index (χ0) is 7.98. The Hall–Kier alpha value is -1.11. The first-order valence-corrected chi connectivity index (χ1v) is 3.14. The standard InChI is InChI=1S/C6H10FN3/c1-3-10(4-2)6(5-8)9-7/h3-4H2,1-2H3/b9-6-. The molecule has 0 N–H and O–H groups in total. The van der Waals surface area contributed by atoms with Crippen LogP contribution >= 0.6 is 0 Å². The molecule has 3 nitrogen and oxygen atoms in total. The van der Waals surface area contributed by atoms with E-state index in [0.717, 1.165) is 0 Å². The monoisotopic (exact) mass is 143 g/mol. The molecule has 0 spiro atoms. The summed E-state index contributed by atoms with van der Waals surface area (Å²) in [5.74, 6) is -0.148. The van der Waals surface area contributed by atoms with E-state index >= 15 is 0 Å². The predicted octanol–water partition coefficient (Wildman–Crippen LogP) is 1.13. The number of amidine groups is 1. The summed E-state index contributed by atoms with van der Waals surface area (Å²) < 4.78 is 11.6. The van der Waals surface area contributed by atoms with Crippen molar-refractivity contribution in [2.75, 3.05) is 13.1 Å². The summed E-state index contributed by atoms with van der Waals surface area (Å²) in [5.41, 5.74) is 0. The molecular formula is C6H10FN3. The Morgan fingerprint density at radius 1 is 1.60 bits per heavy atom. The van der Waals surface area contributed by atoms with Crippen LogP contribution in [-0.4, -0.2) is 23.8 Å². The molecule has 0 amide bonds. The van der Waals surface area contributed by atoms with Gasteiger partial charge >= 0.3 is 0 Å². The lowest BCUT2D eigenvalue weighted by molar-refractivity contribution is 0.439. The van der Waals surface area contributed by atoms with Gasteiger partial charge in [0.1, 0.15) is 6.07 Å². The van der Waals surface area contributed by atoms with Crippen LogP contribution in [0.3, 0.4) is 0 Å². The molecule has 0 aromatic rings. The Balaban J connectivity index is 4.14. The first-order chi connectivity index (χ1) is 4.79. The van der Waals surface area contributed by atoms with Gasteiger partial charge in [-0.3, -0.25) is 0 Å². The third kappa shape index (κ3) is 2.02. The zero-order valence-electron chi connectivity index (χ0n) is 6.13. The van der Waals surface area contributed by atoms with Crippen molar-refractivity contribution in [2.24, 2.45) is 5.21 Å². The molecule has 10 heavy (non-hydrogen) atoms. The minimum absolute atomic E-state index is 0.148. The molecule has 0 aliphatic rings. The van der Waals surface area contributed by atoms with Crippen LogP contribution in [0.4, 0.5) is 4.48 Å². The summed E-state index contributed by atoms with van der Waals surface area (Å²) in [6.07, 6.45) is 0. The van der Waals surface area contributed by atoms with Gasteiger partial charge < -0.3 is 4.90 Å². The van der Waals surface area contributed by atoms with Gasteiger partial charge in [-0.15, -0.1) is 0 Å². The second-order valence-corrected chi connectivity index (χ2v) is 1.69. The molecule has 0 rings (SSSR count). The van der Waals surface area contributed by atoms with E-state index in [9.17, 15) is 4.48 Å². The third-order valence-corrected chi connectivity index (χ3v) is 1.24. The highest BCUT2D eigenvalue weighted by Crippen LogP contribution is 1.90. The number of rotatable bonds is 2. The fourth-order valence-electron chi connectivity index (χ4n) is 0.666. The molecule has 0 heterocycles. The largest absolute Gasteiger partial charge is 0.346 e. The fraction of sp³-hybridized carbons (Fsp3) is 0.667. The smallest absolute Gasteiger partial charge is 0.240 e. The number of nitriles is 1. The fourth-order valence-corrected chi connectivity index (χ4v) is 0.666. The average Bonchev–Trinajstić information content (AvgIpc) is 2.00. The average molecular weight is 143 g/mol. The van der Waals surface area contributed by atoms with Crippen LogP contribution in [0.15, 0.2) is 5.21 Å². The molecule has 0 aliphatic carbocycles. The molecule has 0 saturated carbocycles. The van der Waals surface area contributed by atoms with E-state index in [1.807, 2.05) is 13.8 Å². The lowest BCUT2D eigenvalue weighted by Gasteiger charge is -2.15. The van der Waals surface area contributed by atoms with Crippen LogP contribution < -0.4 is 0 Å². The molecule has 0 radical (unpaired) electrons. The first-order valence-electron chi connectivity index (χ1n) is 3.14. The molecule has 0 fully saturated rings. The number of nitrogens with zero attached hydrogens (tertiary/aromatic N) is 3. The zero-order valence-corrected chi connectivity index (χ0v) is 6.13. The Morgan fingerprint density at radius 2 is 2.10 bits per heavy atom. The molecule has 0 aliphatic heterocycles. The van der Waals surface area contributed by atoms with Crippen LogP contribution in [-0.2, 0) is 0 Å². The van der Waals surface area contributed by atoms with Crippen LogP contribution in [0.2, 0.25) is 0 Å². The minimum Gasteiger partial charge on any atom is -0.346 e. The predicted molar refractivity (Wildman–Crippen MR) is 37.1 cm³/mol. The van der Waals surface area contributed by atoms with Crippen molar-refractivity contribution in [3.05, 3.63) is 0 Å². The highest BCUT2D eigenvalue weighted by Gasteiger charge is 2.04. The minimum atomic E-state index is -0.148. The topological polar surface area (TPSA) is 39.4 Å². The van der Waals surface area contributed by atoms with Gasteiger partial charge in [-0.25, -0.2) is 0 Å². The lowest BCUT2D eigenvalue weighted by Crippen LogP contribution is -2.28. The Labute approximate surface area is 59.7 Å². The quantitative estimate of drug-likeness (QED) is 0.429. The Bertz CT molecular complexity index is 155.